The Bertz CT molecular complexity index is 1750. The van der Waals surface area contributed by atoms with Crippen LogP contribution in [0.15, 0.2) is 65.1 Å². The molecule has 2 amide bonds. The van der Waals surface area contributed by atoms with Crippen LogP contribution in [0.5, 0.6) is 0 Å². The van der Waals surface area contributed by atoms with Crippen LogP contribution in [0.25, 0.3) is 33.4 Å². The van der Waals surface area contributed by atoms with Crippen molar-refractivity contribution in [2.45, 2.75) is 65.3 Å². The molecule has 0 radical (unpaired) electrons. The second-order valence-corrected chi connectivity index (χ2v) is 14.0. The minimum absolute atomic E-state index is 0.0384. The van der Waals surface area contributed by atoms with E-state index in [4.69, 9.17) is 4.42 Å². The number of carbonyl (C=O) groups is 2. The molecule has 6 nitrogen and oxygen atoms in total. The molecule has 4 saturated carbocycles. The lowest BCUT2D eigenvalue weighted by Gasteiger charge is -2.59. The van der Waals surface area contributed by atoms with Gasteiger partial charge in [0, 0.05) is 60.0 Å². The van der Waals surface area contributed by atoms with Crippen molar-refractivity contribution < 1.29 is 18.4 Å². The monoisotopic (exact) mass is 621 g/mol. The Kier molecular flexibility index (Phi) is 7.90. The average Bonchev–Trinajstić information content (AvgIpc) is 3.43. The molecule has 7 heteroatoms. The van der Waals surface area contributed by atoms with Gasteiger partial charge in [0.05, 0.1) is 5.56 Å². The lowest BCUT2D eigenvalue weighted by Crippen LogP contribution is -2.55. The number of fused-ring (bicyclic) bond motifs is 1. The number of hydrogen-bond acceptors (Lipinski definition) is 4. The van der Waals surface area contributed by atoms with Gasteiger partial charge in [-0.1, -0.05) is 12.1 Å². The van der Waals surface area contributed by atoms with Crippen molar-refractivity contribution in [1.82, 2.24) is 10.6 Å². The molecule has 4 bridgehead atoms. The van der Waals surface area contributed by atoms with Gasteiger partial charge in [0.15, 0.2) is 0 Å². The molecule has 46 heavy (non-hydrogen) atoms. The first-order chi connectivity index (χ1) is 22.2. The molecular weight excluding hydrogens is 577 g/mol. The third-order valence-corrected chi connectivity index (χ3v) is 11.3. The van der Waals surface area contributed by atoms with E-state index < -0.39 is 0 Å². The highest BCUT2D eigenvalue weighted by molar-refractivity contribution is 6.13. The van der Waals surface area contributed by atoms with Crippen LogP contribution in [0.1, 0.15) is 80.0 Å². The van der Waals surface area contributed by atoms with Crippen LogP contribution in [-0.4, -0.2) is 38.0 Å². The van der Waals surface area contributed by atoms with Crippen LogP contribution in [0.4, 0.5) is 10.1 Å². The minimum atomic E-state index is -0.358. The van der Waals surface area contributed by atoms with Gasteiger partial charge in [-0.05, 0) is 130 Å². The molecule has 4 aromatic rings. The molecular formula is C39H44FN3O3. The molecule has 4 aliphatic rings. The van der Waals surface area contributed by atoms with Crippen LogP contribution < -0.4 is 15.5 Å². The van der Waals surface area contributed by atoms with Crippen LogP contribution in [-0.2, 0) is 0 Å². The summed E-state index contributed by atoms with van der Waals surface area (Å²) in [5.74, 6) is 2.19. The Hall–Kier alpha value is -4.13. The van der Waals surface area contributed by atoms with Gasteiger partial charge in [-0.25, -0.2) is 4.39 Å². The molecule has 240 valence electrons. The molecule has 1 aromatic heterocycles. The van der Waals surface area contributed by atoms with E-state index in [9.17, 15) is 14.0 Å². The number of carbonyl (C=O) groups excluding carboxylic acids is 2. The predicted molar refractivity (Wildman–Crippen MR) is 182 cm³/mol. The smallest absolute Gasteiger partial charge is 0.255 e. The van der Waals surface area contributed by atoms with E-state index in [0.29, 0.717) is 33.4 Å². The Morgan fingerprint density at radius 2 is 1.57 bits per heavy atom. The number of rotatable bonds is 9. The molecule has 4 fully saturated rings. The molecule has 2 N–H and O–H groups in total. The molecule has 0 aliphatic heterocycles. The normalized spacial score (nSPS) is 23.8. The Morgan fingerprint density at radius 3 is 2.17 bits per heavy atom. The second kappa shape index (κ2) is 11.9. The molecule has 1 atom stereocenters. The number of nitrogens with zero attached hydrogens (tertiary/aromatic N) is 1. The Balaban J connectivity index is 1.27. The zero-order valence-corrected chi connectivity index (χ0v) is 27.3. The van der Waals surface area contributed by atoms with Crippen molar-refractivity contribution in [3.8, 4) is 22.5 Å². The summed E-state index contributed by atoms with van der Waals surface area (Å²) >= 11 is 0. The first-order valence-corrected chi connectivity index (χ1v) is 17.0. The maximum atomic E-state index is 13.8. The fraction of sp³-hybridized carbons (Fsp3) is 0.436. The van der Waals surface area contributed by atoms with Crippen LogP contribution in [0.2, 0.25) is 0 Å². The summed E-state index contributed by atoms with van der Waals surface area (Å²) in [6.45, 7) is 7.97. The number of benzene rings is 3. The van der Waals surface area contributed by atoms with Gasteiger partial charge in [-0.15, -0.1) is 0 Å². The Morgan fingerprint density at radius 1 is 0.913 bits per heavy atom. The third-order valence-electron chi connectivity index (χ3n) is 11.3. The van der Waals surface area contributed by atoms with Crippen molar-refractivity contribution in [1.29, 1.82) is 0 Å². The molecule has 1 unspecified atom stereocenters. The summed E-state index contributed by atoms with van der Waals surface area (Å²) in [6.07, 6.45) is 7.87. The molecule has 1 heterocycles. The highest BCUT2D eigenvalue weighted by atomic mass is 19.1. The number of furan rings is 1. The predicted octanol–water partition coefficient (Wildman–Crippen LogP) is 8.45. The summed E-state index contributed by atoms with van der Waals surface area (Å²) in [7, 11) is 1.59. The van der Waals surface area contributed by atoms with E-state index >= 15 is 0 Å². The number of amides is 2. The van der Waals surface area contributed by atoms with Gasteiger partial charge in [0.25, 0.3) is 11.8 Å². The molecule has 0 saturated heterocycles. The quantitative estimate of drug-likeness (QED) is 0.197. The van der Waals surface area contributed by atoms with E-state index in [-0.39, 0.29) is 29.1 Å². The zero-order chi connectivity index (χ0) is 32.2. The van der Waals surface area contributed by atoms with Crippen molar-refractivity contribution in [2.24, 2.45) is 23.2 Å². The fourth-order valence-corrected chi connectivity index (χ4v) is 9.31. The maximum Gasteiger partial charge on any atom is 0.255 e. The van der Waals surface area contributed by atoms with Crippen molar-refractivity contribution in [2.75, 3.05) is 25.0 Å². The van der Waals surface area contributed by atoms with Crippen LogP contribution in [0.3, 0.4) is 0 Å². The standard InChI is InChI=1S/C39H44FN3O3/c1-5-43(6-2)33-19-34-32(35(38(45)41-4)36(46-34)27-10-12-30(40)13-11-27)18-31(33)28-8-7-9-29(17-28)37(44)42-23(3)39-20-24-14-25(21-39)16-26(15-24)22-39/h7-13,17-19,23-26H,5-6,14-16,20-22H2,1-4H3,(H,41,45)(H,42,44). The Labute approximate surface area is 270 Å². The molecule has 0 spiro atoms. The summed E-state index contributed by atoms with van der Waals surface area (Å²) < 4.78 is 20.1. The van der Waals surface area contributed by atoms with Crippen LogP contribution in [0, 0.1) is 29.0 Å². The highest BCUT2D eigenvalue weighted by Crippen LogP contribution is 2.61. The van der Waals surface area contributed by atoms with E-state index in [1.165, 1.54) is 50.7 Å². The lowest BCUT2D eigenvalue weighted by atomic mass is 9.48. The molecule has 3 aromatic carbocycles. The summed E-state index contributed by atoms with van der Waals surface area (Å²) in [5.41, 5.74) is 5.21. The average molecular weight is 622 g/mol. The van der Waals surface area contributed by atoms with Gasteiger partial charge in [-0.2, -0.15) is 0 Å². The van der Waals surface area contributed by atoms with Gasteiger partial charge in [0.1, 0.15) is 17.2 Å². The van der Waals surface area contributed by atoms with Gasteiger partial charge < -0.3 is 20.0 Å². The van der Waals surface area contributed by atoms with E-state index in [0.717, 1.165) is 47.7 Å². The summed E-state index contributed by atoms with van der Waals surface area (Å²) in [5, 5.41) is 6.85. The first-order valence-electron chi connectivity index (χ1n) is 17.0. The minimum Gasteiger partial charge on any atom is -0.455 e. The van der Waals surface area contributed by atoms with E-state index in [1.54, 1.807) is 19.2 Å². The van der Waals surface area contributed by atoms with Crippen LogP contribution >= 0.6 is 0 Å². The zero-order valence-electron chi connectivity index (χ0n) is 27.3. The second-order valence-electron chi connectivity index (χ2n) is 14.0. The maximum absolute atomic E-state index is 13.8. The summed E-state index contributed by atoms with van der Waals surface area (Å²) in [4.78, 5) is 29.4. The van der Waals surface area contributed by atoms with Crippen molar-refractivity contribution in [3.05, 3.63) is 77.6 Å². The van der Waals surface area contributed by atoms with Gasteiger partial charge in [-0.3, -0.25) is 9.59 Å². The van der Waals surface area contributed by atoms with Gasteiger partial charge in [0.2, 0.25) is 0 Å². The first kappa shape index (κ1) is 30.5. The largest absolute Gasteiger partial charge is 0.455 e. The number of hydrogen-bond donors (Lipinski definition) is 2. The lowest BCUT2D eigenvalue weighted by molar-refractivity contribution is -0.0688. The van der Waals surface area contributed by atoms with Crippen molar-refractivity contribution >= 4 is 28.5 Å². The SMILES string of the molecule is CCN(CC)c1cc2oc(-c3ccc(F)cc3)c(C(=O)NC)c2cc1-c1cccc(C(=O)NC(C)C23CC4CC(CC(C4)C2)C3)c1. The third kappa shape index (κ3) is 5.27. The number of nitrogens with one attached hydrogen (secondary N) is 2. The molecule has 4 aliphatic carbocycles. The number of halogens is 1. The molecule has 8 rings (SSSR count). The number of anilines is 1. The van der Waals surface area contributed by atoms with E-state index in [1.807, 2.05) is 36.4 Å². The van der Waals surface area contributed by atoms with Gasteiger partial charge >= 0.3 is 0 Å². The summed E-state index contributed by atoms with van der Waals surface area (Å²) in [6, 6.07) is 17.9. The van der Waals surface area contributed by atoms with Crippen molar-refractivity contribution in [3.63, 3.8) is 0 Å². The topological polar surface area (TPSA) is 74.6 Å². The van der Waals surface area contributed by atoms with E-state index in [2.05, 4.69) is 36.3 Å². The fourth-order valence-electron chi connectivity index (χ4n) is 9.31. The highest BCUT2D eigenvalue weighted by Gasteiger charge is 2.53.